The Morgan fingerprint density at radius 1 is 1.36 bits per heavy atom. The Kier molecular flexibility index (Phi) is 5.99. The summed E-state index contributed by atoms with van der Waals surface area (Å²) in [6, 6.07) is 4.18. The largest absolute Gasteiger partial charge is 0.488 e. The van der Waals surface area contributed by atoms with E-state index in [-0.39, 0.29) is 18.7 Å². The van der Waals surface area contributed by atoms with Crippen LogP contribution in [0.4, 0.5) is 9.18 Å². The molecular formula is C16H21FN2O5S. The molecule has 1 heterocycles. The number of rotatable bonds is 8. The minimum Gasteiger partial charge on any atom is -0.488 e. The minimum absolute atomic E-state index is 0.00700. The fourth-order valence-corrected chi connectivity index (χ4v) is 3.13. The molecule has 0 aliphatic carbocycles. The van der Waals surface area contributed by atoms with Crippen LogP contribution in [0.5, 0.6) is 5.75 Å². The van der Waals surface area contributed by atoms with Gasteiger partial charge in [-0.1, -0.05) is 13.0 Å². The first-order chi connectivity index (χ1) is 11.7. The van der Waals surface area contributed by atoms with Gasteiger partial charge in [0.15, 0.2) is 0 Å². The lowest BCUT2D eigenvalue weighted by Gasteiger charge is -2.22. The maximum atomic E-state index is 13.2. The number of nitrogens with zero attached hydrogens (tertiary/aromatic N) is 1. The highest BCUT2D eigenvalue weighted by Crippen LogP contribution is 2.18. The molecule has 1 aliphatic heterocycles. The van der Waals surface area contributed by atoms with Crippen molar-refractivity contribution in [3.63, 3.8) is 0 Å². The molecule has 1 saturated heterocycles. The lowest BCUT2D eigenvalue weighted by atomic mass is 10.2. The standard InChI is InChI=1S/C16H21FN2O5S/c1-3-12(24-13-6-4-5-11(17)9-13)10-19-15(20)14(18-16(19)21)7-8-25(2,22)23/h4-6,9,12,14H,3,7-8,10H2,1-2H3,(H,18,21)/t12-,14+/m1/s1. The zero-order chi connectivity index (χ0) is 18.6. The molecule has 1 N–H and O–H groups in total. The first kappa shape index (κ1) is 19.2. The summed E-state index contributed by atoms with van der Waals surface area (Å²) in [5.41, 5.74) is 0. The van der Waals surface area contributed by atoms with Crippen molar-refractivity contribution in [1.29, 1.82) is 0 Å². The summed E-state index contributed by atoms with van der Waals surface area (Å²) >= 11 is 0. The molecule has 2 rings (SSSR count). The molecule has 9 heteroatoms. The van der Waals surface area contributed by atoms with E-state index in [0.717, 1.165) is 11.2 Å². The number of benzene rings is 1. The monoisotopic (exact) mass is 372 g/mol. The molecule has 0 bridgehead atoms. The number of carbonyl (C=O) groups excluding carboxylic acids is 2. The Hall–Kier alpha value is -2.16. The van der Waals surface area contributed by atoms with Gasteiger partial charge in [-0.25, -0.2) is 17.6 Å². The Morgan fingerprint density at radius 2 is 2.08 bits per heavy atom. The van der Waals surface area contributed by atoms with Gasteiger partial charge in [0.25, 0.3) is 5.91 Å². The predicted octanol–water partition coefficient (Wildman–Crippen LogP) is 1.34. The molecule has 25 heavy (non-hydrogen) atoms. The third-order valence-corrected chi connectivity index (χ3v) is 4.80. The van der Waals surface area contributed by atoms with Crippen molar-refractivity contribution in [2.45, 2.75) is 31.9 Å². The number of carbonyl (C=O) groups is 2. The lowest BCUT2D eigenvalue weighted by Crippen LogP contribution is -2.40. The summed E-state index contributed by atoms with van der Waals surface area (Å²) in [5.74, 6) is -0.792. The maximum Gasteiger partial charge on any atom is 0.324 e. The topological polar surface area (TPSA) is 92.8 Å². The molecule has 3 amide bonds. The van der Waals surface area contributed by atoms with Crippen molar-refractivity contribution in [1.82, 2.24) is 10.2 Å². The summed E-state index contributed by atoms with van der Waals surface area (Å²) in [5, 5.41) is 2.49. The predicted molar refractivity (Wildman–Crippen MR) is 89.5 cm³/mol. The fraction of sp³-hybridized carbons (Fsp3) is 0.500. The fourth-order valence-electron chi connectivity index (χ4n) is 2.46. The zero-order valence-corrected chi connectivity index (χ0v) is 14.9. The van der Waals surface area contributed by atoms with Crippen LogP contribution in [0.1, 0.15) is 19.8 Å². The van der Waals surface area contributed by atoms with Crippen molar-refractivity contribution >= 4 is 21.8 Å². The number of imide groups is 1. The van der Waals surface area contributed by atoms with Crippen LogP contribution in [-0.2, 0) is 14.6 Å². The van der Waals surface area contributed by atoms with Gasteiger partial charge in [-0.15, -0.1) is 0 Å². The van der Waals surface area contributed by atoms with E-state index in [2.05, 4.69) is 5.32 Å². The Labute approximate surface area is 146 Å². The van der Waals surface area contributed by atoms with Crippen LogP contribution in [0.3, 0.4) is 0 Å². The Balaban J connectivity index is 1.99. The van der Waals surface area contributed by atoms with Gasteiger partial charge in [-0.3, -0.25) is 9.69 Å². The number of hydrogen-bond donors (Lipinski definition) is 1. The van der Waals surface area contributed by atoms with Crippen molar-refractivity contribution in [2.24, 2.45) is 0 Å². The Bertz CT molecular complexity index is 753. The van der Waals surface area contributed by atoms with E-state index in [9.17, 15) is 22.4 Å². The van der Waals surface area contributed by atoms with Crippen LogP contribution in [0, 0.1) is 5.82 Å². The molecule has 7 nitrogen and oxygen atoms in total. The van der Waals surface area contributed by atoms with Crippen molar-refractivity contribution in [2.75, 3.05) is 18.6 Å². The van der Waals surface area contributed by atoms with Crippen LogP contribution < -0.4 is 10.1 Å². The summed E-state index contributed by atoms with van der Waals surface area (Å²) in [4.78, 5) is 25.3. The van der Waals surface area contributed by atoms with E-state index in [1.54, 1.807) is 6.07 Å². The number of amides is 3. The van der Waals surface area contributed by atoms with Gasteiger partial charge in [0.2, 0.25) is 0 Å². The van der Waals surface area contributed by atoms with Crippen molar-refractivity contribution < 1.29 is 27.1 Å². The number of nitrogens with one attached hydrogen (secondary N) is 1. The quantitative estimate of drug-likeness (QED) is 0.695. The third kappa shape index (κ3) is 5.42. The highest BCUT2D eigenvalue weighted by atomic mass is 32.2. The molecule has 0 unspecified atom stereocenters. The average molecular weight is 372 g/mol. The second-order valence-corrected chi connectivity index (χ2v) is 8.23. The number of urea groups is 1. The van der Waals surface area contributed by atoms with Gasteiger partial charge >= 0.3 is 6.03 Å². The van der Waals surface area contributed by atoms with E-state index in [1.165, 1.54) is 18.2 Å². The molecule has 0 radical (unpaired) electrons. The SMILES string of the molecule is CC[C@H](CN1C(=O)N[C@@H](CCS(C)(=O)=O)C1=O)Oc1cccc(F)c1. The second kappa shape index (κ2) is 7.81. The number of ether oxygens (including phenoxy) is 1. The number of sulfone groups is 1. The number of hydrogen-bond acceptors (Lipinski definition) is 5. The zero-order valence-electron chi connectivity index (χ0n) is 14.1. The molecule has 138 valence electrons. The van der Waals surface area contributed by atoms with Gasteiger partial charge in [0.1, 0.15) is 33.5 Å². The number of halogens is 1. The summed E-state index contributed by atoms with van der Waals surface area (Å²) in [6.45, 7) is 1.83. The van der Waals surface area contributed by atoms with Crippen molar-refractivity contribution in [3.05, 3.63) is 30.1 Å². The van der Waals surface area contributed by atoms with E-state index in [0.29, 0.717) is 12.2 Å². The highest BCUT2D eigenvalue weighted by molar-refractivity contribution is 7.90. The molecule has 0 aromatic heterocycles. The van der Waals surface area contributed by atoms with Gasteiger partial charge in [0, 0.05) is 12.3 Å². The first-order valence-corrected chi connectivity index (χ1v) is 9.97. The highest BCUT2D eigenvalue weighted by Gasteiger charge is 2.39. The minimum atomic E-state index is -3.22. The van der Waals surface area contributed by atoms with E-state index >= 15 is 0 Å². The summed E-state index contributed by atoms with van der Waals surface area (Å²) in [6.07, 6.45) is 1.11. The smallest absolute Gasteiger partial charge is 0.324 e. The van der Waals surface area contributed by atoms with E-state index in [4.69, 9.17) is 4.74 Å². The lowest BCUT2D eigenvalue weighted by molar-refractivity contribution is -0.128. The van der Waals surface area contributed by atoms with Gasteiger partial charge in [-0.05, 0) is 25.0 Å². The van der Waals surface area contributed by atoms with Crippen LogP contribution in [0.25, 0.3) is 0 Å². The molecule has 1 fully saturated rings. The molecular weight excluding hydrogens is 351 g/mol. The molecule has 1 aromatic rings. The maximum absolute atomic E-state index is 13.2. The first-order valence-electron chi connectivity index (χ1n) is 7.91. The van der Waals surface area contributed by atoms with Gasteiger partial charge in [-0.2, -0.15) is 0 Å². The summed E-state index contributed by atoms with van der Waals surface area (Å²) < 4.78 is 41.3. The van der Waals surface area contributed by atoms with Crippen molar-refractivity contribution in [3.8, 4) is 5.75 Å². The molecule has 2 atom stereocenters. The van der Waals surface area contributed by atoms with Crippen LogP contribution >= 0.6 is 0 Å². The molecule has 1 aliphatic rings. The van der Waals surface area contributed by atoms with Crippen LogP contribution in [0.2, 0.25) is 0 Å². The van der Waals surface area contributed by atoms with Gasteiger partial charge < -0.3 is 10.1 Å². The van der Waals surface area contributed by atoms with Crippen LogP contribution in [-0.4, -0.2) is 56.0 Å². The molecule has 0 saturated carbocycles. The van der Waals surface area contributed by atoms with E-state index < -0.39 is 39.7 Å². The molecule has 0 spiro atoms. The average Bonchev–Trinajstić information content (AvgIpc) is 2.79. The normalized spacial score (nSPS) is 19.0. The molecule has 1 aromatic carbocycles. The van der Waals surface area contributed by atoms with E-state index in [1.807, 2.05) is 6.92 Å². The van der Waals surface area contributed by atoms with Crippen LogP contribution in [0.15, 0.2) is 24.3 Å². The Morgan fingerprint density at radius 3 is 2.68 bits per heavy atom. The summed E-state index contributed by atoms with van der Waals surface area (Å²) in [7, 11) is -3.22. The second-order valence-electron chi connectivity index (χ2n) is 5.97. The third-order valence-electron chi connectivity index (χ3n) is 3.82. The van der Waals surface area contributed by atoms with Gasteiger partial charge in [0.05, 0.1) is 12.3 Å².